The smallest absolute Gasteiger partial charge is 0.253 e. The van der Waals surface area contributed by atoms with E-state index in [0.29, 0.717) is 36.9 Å². The van der Waals surface area contributed by atoms with Gasteiger partial charge in [0.15, 0.2) is 11.5 Å². The molecule has 1 fully saturated rings. The topological polar surface area (TPSA) is 51.2 Å². The highest BCUT2D eigenvalue weighted by Crippen LogP contribution is 2.42. The van der Waals surface area contributed by atoms with Crippen molar-refractivity contribution in [1.82, 2.24) is 4.90 Å². The lowest BCUT2D eigenvalue weighted by Crippen LogP contribution is -2.58. The highest BCUT2D eigenvalue weighted by Gasteiger charge is 2.36. The van der Waals surface area contributed by atoms with Crippen molar-refractivity contribution in [3.63, 3.8) is 0 Å². The Hall–Kier alpha value is -4.45. The summed E-state index contributed by atoms with van der Waals surface area (Å²) in [5.41, 5.74) is 4.34. The zero-order valence-electron chi connectivity index (χ0n) is 24.7. The normalized spacial score (nSPS) is 15.6. The van der Waals surface area contributed by atoms with Crippen molar-refractivity contribution in [2.75, 3.05) is 45.9 Å². The molecular formula is C36H40N2O4. The number of methoxy groups -OCH3 is 3. The molecule has 4 aromatic carbocycles. The molecule has 0 saturated carbocycles. The maximum atomic E-state index is 13.7. The summed E-state index contributed by atoms with van der Waals surface area (Å²) in [6, 6.07) is 35.1. The van der Waals surface area contributed by atoms with Crippen LogP contribution in [0.3, 0.4) is 0 Å². The van der Waals surface area contributed by atoms with Crippen LogP contribution >= 0.6 is 0 Å². The number of rotatable bonds is 11. The molecule has 2 atom stereocenters. The van der Waals surface area contributed by atoms with Crippen LogP contribution in [0.5, 0.6) is 17.2 Å². The van der Waals surface area contributed by atoms with Gasteiger partial charge in [-0.05, 0) is 48.4 Å². The maximum absolute atomic E-state index is 13.7. The van der Waals surface area contributed by atoms with Crippen LogP contribution in [0.2, 0.25) is 0 Å². The number of carbonyl (C=O) groups is 1. The summed E-state index contributed by atoms with van der Waals surface area (Å²) in [7, 11) is 4.91. The molecule has 0 N–H and O–H groups in total. The Morgan fingerprint density at radius 2 is 1.33 bits per heavy atom. The molecular weight excluding hydrogens is 524 g/mol. The average molecular weight is 565 g/mol. The van der Waals surface area contributed by atoms with Crippen molar-refractivity contribution in [3.05, 3.63) is 120 Å². The Labute approximate surface area is 249 Å². The van der Waals surface area contributed by atoms with E-state index in [9.17, 15) is 4.79 Å². The van der Waals surface area contributed by atoms with Crippen LogP contribution < -0.4 is 19.1 Å². The second kappa shape index (κ2) is 13.9. The maximum Gasteiger partial charge on any atom is 0.253 e. The largest absolute Gasteiger partial charge is 0.493 e. The molecule has 5 rings (SSSR count). The zero-order valence-corrected chi connectivity index (χ0v) is 24.7. The third-order valence-electron chi connectivity index (χ3n) is 8.24. The van der Waals surface area contributed by atoms with Gasteiger partial charge >= 0.3 is 0 Å². The number of ether oxygens (including phenoxy) is 3. The summed E-state index contributed by atoms with van der Waals surface area (Å²) in [4.78, 5) is 18.1. The second-order valence-electron chi connectivity index (χ2n) is 10.7. The van der Waals surface area contributed by atoms with Gasteiger partial charge in [0.1, 0.15) is 0 Å². The van der Waals surface area contributed by atoms with Crippen LogP contribution in [-0.2, 0) is 12.8 Å². The van der Waals surface area contributed by atoms with E-state index in [2.05, 4.69) is 65.6 Å². The first kappa shape index (κ1) is 29.1. The summed E-state index contributed by atoms with van der Waals surface area (Å²) in [5, 5.41) is 0. The van der Waals surface area contributed by atoms with Crippen LogP contribution in [0.4, 0.5) is 5.69 Å². The van der Waals surface area contributed by atoms with Crippen molar-refractivity contribution in [1.29, 1.82) is 0 Å². The summed E-state index contributed by atoms with van der Waals surface area (Å²) >= 11 is 0. The van der Waals surface area contributed by atoms with Crippen LogP contribution in [-0.4, -0.2) is 57.8 Å². The summed E-state index contributed by atoms with van der Waals surface area (Å²) in [5.74, 6) is 2.17. The van der Waals surface area contributed by atoms with Crippen LogP contribution in [0.25, 0.3) is 0 Å². The molecule has 0 spiro atoms. The van der Waals surface area contributed by atoms with Crippen LogP contribution in [0, 0.1) is 5.92 Å². The van der Waals surface area contributed by atoms with Crippen molar-refractivity contribution < 1.29 is 19.0 Å². The monoisotopic (exact) mass is 564 g/mol. The molecule has 1 heterocycles. The number of hydrogen-bond acceptors (Lipinski definition) is 5. The number of anilines is 1. The van der Waals surface area contributed by atoms with Crippen molar-refractivity contribution >= 4 is 11.6 Å². The minimum Gasteiger partial charge on any atom is -0.493 e. The molecule has 1 aliphatic heterocycles. The second-order valence-corrected chi connectivity index (χ2v) is 10.7. The minimum absolute atomic E-state index is 0.0677. The molecule has 218 valence electrons. The molecule has 0 aromatic heterocycles. The highest BCUT2D eigenvalue weighted by molar-refractivity contribution is 5.94. The Morgan fingerprint density at radius 1 is 0.762 bits per heavy atom. The van der Waals surface area contributed by atoms with Gasteiger partial charge in [-0.25, -0.2) is 0 Å². The van der Waals surface area contributed by atoms with Gasteiger partial charge in [-0.2, -0.15) is 0 Å². The van der Waals surface area contributed by atoms with Crippen molar-refractivity contribution in [3.8, 4) is 17.2 Å². The fraction of sp³-hybridized carbons (Fsp3) is 0.306. The van der Waals surface area contributed by atoms with Gasteiger partial charge in [-0.15, -0.1) is 0 Å². The molecule has 42 heavy (non-hydrogen) atoms. The molecule has 1 amide bonds. The molecule has 0 aliphatic carbocycles. The van der Waals surface area contributed by atoms with E-state index in [1.54, 1.807) is 21.3 Å². The van der Waals surface area contributed by atoms with Crippen LogP contribution in [0.15, 0.2) is 103 Å². The van der Waals surface area contributed by atoms with Gasteiger partial charge in [0.25, 0.3) is 5.91 Å². The Balaban J connectivity index is 1.53. The van der Waals surface area contributed by atoms with Crippen LogP contribution in [0.1, 0.15) is 27.9 Å². The predicted octanol–water partition coefficient (Wildman–Crippen LogP) is 6.54. The fourth-order valence-corrected chi connectivity index (χ4v) is 6.06. The molecule has 6 nitrogen and oxygen atoms in total. The van der Waals surface area contributed by atoms with E-state index >= 15 is 0 Å². The van der Waals surface area contributed by atoms with E-state index in [1.807, 2.05) is 47.4 Å². The Bertz CT molecular complexity index is 1400. The minimum atomic E-state index is 0.0677. The third-order valence-corrected chi connectivity index (χ3v) is 8.24. The molecule has 0 radical (unpaired) electrons. The van der Waals surface area contributed by atoms with E-state index in [-0.39, 0.29) is 17.9 Å². The number of hydrogen-bond donors (Lipinski definition) is 0. The van der Waals surface area contributed by atoms with E-state index in [4.69, 9.17) is 14.2 Å². The van der Waals surface area contributed by atoms with Crippen molar-refractivity contribution in [2.45, 2.75) is 25.3 Å². The lowest BCUT2D eigenvalue weighted by molar-refractivity contribution is 0.0699. The van der Waals surface area contributed by atoms with Gasteiger partial charge in [0, 0.05) is 49.1 Å². The zero-order chi connectivity index (χ0) is 29.3. The van der Waals surface area contributed by atoms with Gasteiger partial charge < -0.3 is 24.0 Å². The number of carbonyl (C=O) groups excluding carboxylic acids is 1. The van der Waals surface area contributed by atoms with E-state index in [0.717, 1.165) is 30.5 Å². The number of aryl methyl sites for hydroxylation is 1. The number of amides is 1. The number of piperazine rings is 1. The number of benzene rings is 4. The standard InChI is InChI=1S/C36H40N2O4/c1-40-33-24-31(25-34(41-2)35(33)42-3)38-22-21-37(36(39)29-17-11-6-12-18-29)26-32(38)30(23-28-15-9-5-10-16-28)20-19-27-13-7-4-8-14-27/h4-18,24-25,30,32H,19-23,26H2,1-3H3. The number of nitrogens with zero attached hydrogens (tertiary/aromatic N) is 2. The van der Waals surface area contributed by atoms with E-state index < -0.39 is 0 Å². The first-order chi connectivity index (χ1) is 20.6. The molecule has 1 aliphatic rings. The highest BCUT2D eigenvalue weighted by atomic mass is 16.5. The van der Waals surface area contributed by atoms with Crippen molar-refractivity contribution in [2.24, 2.45) is 5.92 Å². The van der Waals surface area contributed by atoms with Gasteiger partial charge in [-0.1, -0.05) is 78.9 Å². The SMILES string of the molecule is COc1cc(N2CCN(C(=O)c3ccccc3)CC2C(CCc2ccccc2)Cc2ccccc2)cc(OC)c1OC. The molecule has 0 bridgehead atoms. The quantitative estimate of drug-likeness (QED) is 0.207. The summed E-state index contributed by atoms with van der Waals surface area (Å²) in [6.07, 6.45) is 2.86. The Morgan fingerprint density at radius 3 is 1.90 bits per heavy atom. The molecule has 4 aromatic rings. The van der Waals surface area contributed by atoms with Gasteiger partial charge in [-0.3, -0.25) is 4.79 Å². The molecule has 6 heteroatoms. The lowest BCUT2D eigenvalue weighted by atomic mass is 9.84. The van der Waals surface area contributed by atoms with Gasteiger partial charge in [0.05, 0.1) is 21.3 Å². The summed E-state index contributed by atoms with van der Waals surface area (Å²) < 4.78 is 17.1. The van der Waals surface area contributed by atoms with E-state index in [1.165, 1.54) is 11.1 Å². The lowest BCUT2D eigenvalue weighted by Gasteiger charge is -2.46. The first-order valence-electron chi connectivity index (χ1n) is 14.6. The molecule has 1 saturated heterocycles. The fourth-order valence-electron chi connectivity index (χ4n) is 6.06. The Kier molecular flexibility index (Phi) is 9.65. The average Bonchev–Trinajstić information content (AvgIpc) is 3.06. The predicted molar refractivity (Wildman–Crippen MR) is 168 cm³/mol. The summed E-state index contributed by atoms with van der Waals surface area (Å²) in [6.45, 7) is 1.94. The first-order valence-corrected chi connectivity index (χ1v) is 14.6. The van der Waals surface area contributed by atoms with Gasteiger partial charge in [0.2, 0.25) is 5.75 Å². The third kappa shape index (κ3) is 6.71. The molecule has 2 unspecified atom stereocenters.